The summed E-state index contributed by atoms with van der Waals surface area (Å²) in [4.78, 5) is 0. The fourth-order valence-corrected chi connectivity index (χ4v) is 5.24. The van der Waals surface area contributed by atoms with E-state index in [2.05, 4.69) is 10.2 Å². The average molecular weight is 315 g/mol. The van der Waals surface area contributed by atoms with Crippen molar-refractivity contribution >= 4 is 21.4 Å². The number of piperidine rings is 1. The Morgan fingerprint density at radius 2 is 1.65 bits per heavy atom. The van der Waals surface area contributed by atoms with Crippen LogP contribution in [-0.4, -0.2) is 42.3 Å². The average Bonchev–Trinajstić information content (AvgIpc) is 3.09. The molecule has 2 fully saturated rings. The highest BCUT2D eigenvalue weighted by molar-refractivity contribution is 7.88. The molecule has 2 aliphatic rings. The zero-order valence-electron chi connectivity index (χ0n) is 11.8. The van der Waals surface area contributed by atoms with Crippen molar-refractivity contribution in [3.63, 3.8) is 0 Å². The van der Waals surface area contributed by atoms with Crippen molar-refractivity contribution in [1.82, 2.24) is 14.5 Å². The molecule has 7 heteroatoms. The Labute approximate surface area is 124 Å². The van der Waals surface area contributed by atoms with E-state index in [-0.39, 0.29) is 5.92 Å². The summed E-state index contributed by atoms with van der Waals surface area (Å²) in [6, 6.07) is 0. The SMILES string of the molecule is CS(=O)(=O)N1CCCC(c2nnc(C3CCCC3)s2)C1. The third-order valence-electron chi connectivity index (χ3n) is 4.36. The Bertz CT molecular complexity index is 564. The quantitative estimate of drug-likeness (QED) is 0.859. The highest BCUT2D eigenvalue weighted by Gasteiger charge is 2.30. The topological polar surface area (TPSA) is 63.2 Å². The second-order valence-corrected chi connectivity index (χ2v) is 8.94. The maximum Gasteiger partial charge on any atom is 0.211 e. The van der Waals surface area contributed by atoms with Crippen LogP contribution in [0.1, 0.15) is 60.4 Å². The van der Waals surface area contributed by atoms with Crippen LogP contribution in [0.2, 0.25) is 0 Å². The number of rotatable bonds is 3. The summed E-state index contributed by atoms with van der Waals surface area (Å²) in [5.41, 5.74) is 0. The lowest BCUT2D eigenvalue weighted by atomic mass is 10.0. The lowest BCUT2D eigenvalue weighted by Crippen LogP contribution is -2.38. The van der Waals surface area contributed by atoms with Crippen molar-refractivity contribution in [1.29, 1.82) is 0 Å². The van der Waals surface area contributed by atoms with E-state index in [1.165, 1.54) is 31.9 Å². The molecule has 1 aliphatic carbocycles. The number of sulfonamides is 1. The van der Waals surface area contributed by atoms with Crippen LogP contribution >= 0.6 is 11.3 Å². The Hall–Kier alpha value is -0.530. The molecule has 0 spiro atoms. The van der Waals surface area contributed by atoms with E-state index < -0.39 is 10.0 Å². The largest absolute Gasteiger partial charge is 0.213 e. The van der Waals surface area contributed by atoms with Gasteiger partial charge in [-0.1, -0.05) is 12.8 Å². The molecule has 1 saturated heterocycles. The van der Waals surface area contributed by atoms with Crippen molar-refractivity contribution in [2.45, 2.75) is 50.4 Å². The lowest BCUT2D eigenvalue weighted by Gasteiger charge is -2.29. The van der Waals surface area contributed by atoms with Crippen LogP contribution in [0.15, 0.2) is 0 Å². The Morgan fingerprint density at radius 1 is 1.05 bits per heavy atom. The third kappa shape index (κ3) is 3.04. The molecule has 0 amide bonds. The van der Waals surface area contributed by atoms with Crippen LogP contribution in [0.3, 0.4) is 0 Å². The number of aromatic nitrogens is 2. The first kappa shape index (κ1) is 14.4. The minimum absolute atomic E-state index is 0.228. The van der Waals surface area contributed by atoms with E-state index in [9.17, 15) is 8.42 Å². The molecule has 1 saturated carbocycles. The Morgan fingerprint density at radius 3 is 2.30 bits per heavy atom. The van der Waals surface area contributed by atoms with Gasteiger partial charge in [0.05, 0.1) is 6.26 Å². The van der Waals surface area contributed by atoms with Crippen LogP contribution in [0.25, 0.3) is 0 Å². The second-order valence-electron chi connectivity index (χ2n) is 5.92. The summed E-state index contributed by atoms with van der Waals surface area (Å²) >= 11 is 1.71. The molecule has 0 radical (unpaired) electrons. The van der Waals surface area contributed by atoms with E-state index in [4.69, 9.17) is 0 Å². The standard InChI is InChI=1S/C13H21N3O2S2/c1-20(17,18)16-8-4-7-11(9-16)13-15-14-12(19-13)10-5-2-3-6-10/h10-11H,2-9H2,1H3. The van der Waals surface area contributed by atoms with Crippen molar-refractivity contribution < 1.29 is 8.42 Å². The van der Waals surface area contributed by atoms with Gasteiger partial charge in [-0.15, -0.1) is 21.5 Å². The second kappa shape index (κ2) is 5.69. The predicted molar refractivity (Wildman–Crippen MR) is 79.5 cm³/mol. The minimum Gasteiger partial charge on any atom is -0.213 e. The summed E-state index contributed by atoms with van der Waals surface area (Å²) in [7, 11) is -3.09. The molecule has 1 unspecified atom stereocenters. The molecule has 1 aromatic rings. The van der Waals surface area contributed by atoms with Gasteiger partial charge in [-0.3, -0.25) is 0 Å². The highest BCUT2D eigenvalue weighted by atomic mass is 32.2. The Balaban J connectivity index is 1.72. The summed E-state index contributed by atoms with van der Waals surface area (Å²) in [5.74, 6) is 0.821. The number of nitrogens with zero attached hydrogens (tertiary/aromatic N) is 3. The molecule has 1 aliphatic heterocycles. The smallest absolute Gasteiger partial charge is 0.211 e. The van der Waals surface area contributed by atoms with Gasteiger partial charge in [0.1, 0.15) is 10.0 Å². The van der Waals surface area contributed by atoms with E-state index in [1.807, 2.05) is 0 Å². The van der Waals surface area contributed by atoms with Crippen molar-refractivity contribution in [2.75, 3.05) is 19.3 Å². The molecule has 1 atom stereocenters. The molecule has 0 aromatic carbocycles. The first-order valence-corrected chi connectivity index (χ1v) is 9.99. The zero-order valence-corrected chi connectivity index (χ0v) is 13.4. The van der Waals surface area contributed by atoms with Gasteiger partial charge in [0.25, 0.3) is 0 Å². The summed E-state index contributed by atoms with van der Waals surface area (Å²) in [6.07, 6.45) is 8.28. The molecule has 2 heterocycles. The van der Waals surface area contributed by atoms with Gasteiger partial charge in [0, 0.05) is 24.9 Å². The van der Waals surface area contributed by atoms with Crippen LogP contribution in [0, 0.1) is 0 Å². The molecule has 0 bridgehead atoms. The van der Waals surface area contributed by atoms with Gasteiger partial charge in [0.15, 0.2) is 0 Å². The van der Waals surface area contributed by atoms with Gasteiger partial charge in [-0.2, -0.15) is 0 Å². The van der Waals surface area contributed by atoms with Crippen molar-refractivity contribution in [2.24, 2.45) is 0 Å². The molecule has 5 nitrogen and oxygen atoms in total. The normalized spacial score (nSPS) is 26.1. The number of hydrogen-bond acceptors (Lipinski definition) is 5. The van der Waals surface area contributed by atoms with Gasteiger partial charge >= 0.3 is 0 Å². The maximum atomic E-state index is 11.7. The summed E-state index contributed by atoms with van der Waals surface area (Å²) < 4.78 is 24.9. The Kier molecular flexibility index (Phi) is 4.10. The molecule has 0 N–H and O–H groups in total. The van der Waals surface area contributed by atoms with Crippen LogP contribution in [0.5, 0.6) is 0 Å². The zero-order chi connectivity index (χ0) is 14.2. The summed E-state index contributed by atoms with van der Waals surface area (Å²) in [6.45, 7) is 1.21. The van der Waals surface area contributed by atoms with Gasteiger partial charge in [-0.25, -0.2) is 12.7 Å². The van der Waals surface area contributed by atoms with Crippen LogP contribution in [-0.2, 0) is 10.0 Å². The first-order valence-electron chi connectivity index (χ1n) is 7.32. The van der Waals surface area contributed by atoms with E-state index in [0.29, 0.717) is 19.0 Å². The fourth-order valence-electron chi connectivity index (χ4n) is 3.19. The third-order valence-corrected chi connectivity index (χ3v) is 6.88. The van der Waals surface area contributed by atoms with Crippen molar-refractivity contribution in [3.8, 4) is 0 Å². The van der Waals surface area contributed by atoms with Gasteiger partial charge in [0.2, 0.25) is 10.0 Å². The van der Waals surface area contributed by atoms with Crippen LogP contribution < -0.4 is 0 Å². The van der Waals surface area contributed by atoms with E-state index in [1.54, 1.807) is 15.6 Å². The lowest BCUT2D eigenvalue weighted by molar-refractivity contribution is 0.316. The van der Waals surface area contributed by atoms with Crippen molar-refractivity contribution in [3.05, 3.63) is 10.0 Å². The van der Waals surface area contributed by atoms with E-state index in [0.717, 1.165) is 22.9 Å². The van der Waals surface area contributed by atoms with E-state index >= 15 is 0 Å². The predicted octanol–water partition coefficient (Wildman–Crippen LogP) is 2.33. The minimum atomic E-state index is -3.09. The monoisotopic (exact) mass is 315 g/mol. The number of hydrogen-bond donors (Lipinski definition) is 0. The molecular weight excluding hydrogens is 294 g/mol. The van der Waals surface area contributed by atoms with Gasteiger partial charge < -0.3 is 0 Å². The fraction of sp³-hybridized carbons (Fsp3) is 0.846. The maximum absolute atomic E-state index is 11.7. The highest BCUT2D eigenvalue weighted by Crippen LogP contribution is 2.38. The molecule has 112 valence electrons. The molecule has 3 rings (SSSR count). The molecule has 1 aromatic heterocycles. The van der Waals surface area contributed by atoms with Gasteiger partial charge in [-0.05, 0) is 25.7 Å². The molecule has 20 heavy (non-hydrogen) atoms. The first-order chi connectivity index (χ1) is 9.54. The van der Waals surface area contributed by atoms with Crippen LogP contribution in [0.4, 0.5) is 0 Å². The summed E-state index contributed by atoms with van der Waals surface area (Å²) in [5, 5.41) is 10.9. The molecular formula is C13H21N3O2S2.